The molecule has 6 heteroatoms. The van der Waals surface area contributed by atoms with E-state index < -0.39 is 0 Å². The molecule has 3 heterocycles. The molecular formula is C21H25N5S. The van der Waals surface area contributed by atoms with Crippen molar-refractivity contribution in [1.82, 2.24) is 24.6 Å². The molecule has 140 valence electrons. The number of likely N-dealkylation sites (tertiary alicyclic amines) is 1. The van der Waals surface area contributed by atoms with Gasteiger partial charge < -0.3 is 4.57 Å². The second kappa shape index (κ2) is 9.15. The van der Waals surface area contributed by atoms with Crippen molar-refractivity contribution in [2.45, 2.75) is 43.3 Å². The maximum Gasteiger partial charge on any atom is 0.191 e. The van der Waals surface area contributed by atoms with Gasteiger partial charge >= 0.3 is 0 Å². The van der Waals surface area contributed by atoms with Gasteiger partial charge in [0.05, 0.1) is 18.8 Å². The average Bonchev–Trinajstić information content (AvgIpc) is 3.10. The first-order chi connectivity index (χ1) is 13.4. The Morgan fingerprint density at radius 1 is 0.852 bits per heavy atom. The summed E-state index contributed by atoms with van der Waals surface area (Å²) < 4.78 is 2.28. The van der Waals surface area contributed by atoms with E-state index in [0.29, 0.717) is 0 Å². The smallest absolute Gasteiger partial charge is 0.191 e. The first-order valence-electron chi connectivity index (χ1n) is 9.59. The van der Waals surface area contributed by atoms with Gasteiger partial charge in [0, 0.05) is 11.9 Å². The van der Waals surface area contributed by atoms with Crippen molar-refractivity contribution in [3.63, 3.8) is 0 Å². The number of pyridine rings is 1. The molecule has 0 unspecified atom stereocenters. The van der Waals surface area contributed by atoms with E-state index in [1.165, 1.54) is 24.8 Å². The third-order valence-electron chi connectivity index (χ3n) is 4.87. The zero-order valence-corrected chi connectivity index (χ0v) is 16.3. The standard InChI is InChI=1S/C21H25N5S/c1-3-9-18(10-4-1)15-26-20(16-25-13-7-2-8-14-25)23-24-21(26)27-17-19-11-5-6-12-22-19/h1,3-6,9-12H,2,7-8,13-17H2. The number of aromatic nitrogens is 4. The molecule has 1 fully saturated rings. The summed E-state index contributed by atoms with van der Waals surface area (Å²) in [7, 11) is 0. The Morgan fingerprint density at radius 3 is 2.44 bits per heavy atom. The number of piperidine rings is 1. The topological polar surface area (TPSA) is 46.8 Å². The molecule has 0 atom stereocenters. The first-order valence-corrected chi connectivity index (χ1v) is 10.6. The maximum absolute atomic E-state index is 4.55. The fraction of sp³-hybridized carbons (Fsp3) is 0.381. The summed E-state index contributed by atoms with van der Waals surface area (Å²) in [6, 6.07) is 16.6. The summed E-state index contributed by atoms with van der Waals surface area (Å²) in [6.45, 7) is 4.01. The van der Waals surface area contributed by atoms with E-state index in [1.807, 2.05) is 18.3 Å². The van der Waals surface area contributed by atoms with Gasteiger partial charge in [-0.2, -0.15) is 0 Å². The zero-order chi connectivity index (χ0) is 18.3. The predicted octanol–water partition coefficient (Wildman–Crippen LogP) is 4.00. The van der Waals surface area contributed by atoms with Crippen LogP contribution in [0.15, 0.2) is 59.9 Å². The van der Waals surface area contributed by atoms with Crippen LogP contribution in [0.5, 0.6) is 0 Å². The van der Waals surface area contributed by atoms with Crippen LogP contribution in [0.1, 0.15) is 36.3 Å². The lowest BCUT2D eigenvalue weighted by Crippen LogP contribution is -2.30. The van der Waals surface area contributed by atoms with Crippen LogP contribution in [-0.4, -0.2) is 37.7 Å². The molecule has 0 aliphatic carbocycles. The maximum atomic E-state index is 4.55. The number of hydrogen-bond donors (Lipinski definition) is 0. The first kappa shape index (κ1) is 18.2. The lowest BCUT2D eigenvalue weighted by molar-refractivity contribution is 0.213. The van der Waals surface area contributed by atoms with Gasteiger partial charge in [-0.05, 0) is 43.6 Å². The van der Waals surface area contributed by atoms with Gasteiger partial charge in [-0.25, -0.2) is 0 Å². The van der Waals surface area contributed by atoms with E-state index in [4.69, 9.17) is 0 Å². The molecule has 1 aliphatic rings. The Balaban J connectivity index is 1.53. The summed E-state index contributed by atoms with van der Waals surface area (Å²) in [5.41, 5.74) is 2.34. The van der Waals surface area contributed by atoms with Gasteiger partial charge in [-0.1, -0.05) is 54.6 Å². The SMILES string of the molecule is c1ccc(Cn2c(CN3CCCCC3)nnc2SCc2ccccn2)cc1. The van der Waals surface area contributed by atoms with Crippen molar-refractivity contribution in [2.75, 3.05) is 13.1 Å². The van der Waals surface area contributed by atoms with E-state index >= 15 is 0 Å². The molecule has 1 aromatic carbocycles. The van der Waals surface area contributed by atoms with Crippen LogP contribution in [-0.2, 0) is 18.8 Å². The highest BCUT2D eigenvalue weighted by atomic mass is 32.2. The van der Waals surface area contributed by atoms with Gasteiger partial charge in [0.15, 0.2) is 5.16 Å². The van der Waals surface area contributed by atoms with E-state index in [1.54, 1.807) is 11.8 Å². The number of hydrogen-bond acceptors (Lipinski definition) is 5. The summed E-state index contributed by atoms with van der Waals surface area (Å²) >= 11 is 1.71. The van der Waals surface area contributed by atoms with Crippen molar-refractivity contribution in [1.29, 1.82) is 0 Å². The lowest BCUT2D eigenvalue weighted by Gasteiger charge is -2.26. The third-order valence-corrected chi connectivity index (χ3v) is 5.87. The van der Waals surface area contributed by atoms with Gasteiger partial charge in [0.1, 0.15) is 5.82 Å². The molecule has 1 saturated heterocycles. The van der Waals surface area contributed by atoms with E-state index in [9.17, 15) is 0 Å². The van der Waals surface area contributed by atoms with Crippen LogP contribution in [0.2, 0.25) is 0 Å². The fourth-order valence-corrected chi connectivity index (χ4v) is 4.28. The monoisotopic (exact) mass is 379 g/mol. The van der Waals surface area contributed by atoms with Crippen LogP contribution in [0, 0.1) is 0 Å². The second-order valence-electron chi connectivity index (χ2n) is 6.92. The van der Waals surface area contributed by atoms with Crippen LogP contribution in [0.4, 0.5) is 0 Å². The largest absolute Gasteiger partial charge is 0.300 e. The summed E-state index contributed by atoms with van der Waals surface area (Å²) in [5, 5.41) is 10.0. The highest BCUT2D eigenvalue weighted by Gasteiger charge is 2.18. The highest BCUT2D eigenvalue weighted by molar-refractivity contribution is 7.98. The zero-order valence-electron chi connectivity index (χ0n) is 15.5. The van der Waals surface area contributed by atoms with Gasteiger partial charge in [0.25, 0.3) is 0 Å². The van der Waals surface area contributed by atoms with E-state index in [-0.39, 0.29) is 0 Å². The number of rotatable bonds is 7. The molecule has 5 nitrogen and oxygen atoms in total. The second-order valence-corrected chi connectivity index (χ2v) is 7.86. The molecule has 0 bridgehead atoms. The summed E-state index contributed by atoms with van der Waals surface area (Å²) in [4.78, 5) is 6.92. The molecule has 0 saturated carbocycles. The van der Waals surface area contributed by atoms with Gasteiger partial charge in [-0.3, -0.25) is 9.88 Å². The van der Waals surface area contributed by atoms with Crippen LogP contribution >= 0.6 is 11.8 Å². The van der Waals surface area contributed by atoms with Crippen molar-refractivity contribution < 1.29 is 0 Å². The van der Waals surface area contributed by atoms with E-state index in [2.05, 4.69) is 61.0 Å². The predicted molar refractivity (Wildman–Crippen MR) is 108 cm³/mol. The van der Waals surface area contributed by atoms with Crippen molar-refractivity contribution in [3.8, 4) is 0 Å². The Labute approximate surface area is 164 Å². The fourth-order valence-electron chi connectivity index (χ4n) is 3.41. The quantitative estimate of drug-likeness (QED) is 0.581. The number of nitrogens with zero attached hydrogens (tertiary/aromatic N) is 5. The number of benzene rings is 1. The summed E-state index contributed by atoms with van der Waals surface area (Å²) in [6.07, 6.45) is 5.76. The Hall–Kier alpha value is -2.18. The molecule has 0 spiro atoms. The van der Waals surface area contributed by atoms with Crippen molar-refractivity contribution in [3.05, 3.63) is 71.8 Å². The molecule has 3 aromatic rings. The Bertz CT molecular complexity index is 828. The number of thioether (sulfide) groups is 1. The van der Waals surface area contributed by atoms with E-state index in [0.717, 1.165) is 48.6 Å². The minimum Gasteiger partial charge on any atom is -0.300 e. The lowest BCUT2D eigenvalue weighted by atomic mass is 10.1. The van der Waals surface area contributed by atoms with Gasteiger partial charge in [-0.15, -0.1) is 10.2 Å². The third kappa shape index (κ3) is 4.96. The Kier molecular flexibility index (Phi) is 6.17. The van der Waals surface area contributed by atoms with Crippen LogP contribution in [0.25, 0.3) is 0 Å². The molecule has 0 amide bonds. The molecule has 1 aliphatic heterocycles. The normalized spacial score (nSPS) is 15.1. The molecular weight excluding hydrogens is 354 g/mol. The molecule has 27 heavy (non-hydrogen) atoms. The molecule has 0 radical (unpaired) electrons. The van der Waals surface area contributed by atoms with Crippen molar-refractivity contribution in [2.24, 2.45) is 0 Å². The van der Waals surface area contributed by atoms with Crippen LogP contribution in [0.3, 0.4) is 0 Å². The average molecular weight is 380 g/mol. The minimum absolute atomic E-state index is 0.803. The minimum atomic E-state index is 0.803. The molecule has 4 rings (SSSR count). The van der Waals surface area contributed by atoms with Crippen molar-refractivity contribution >= 4 is 11.8 Å². The highest BCUT2D eigenvalue weighted by Crippen LogP contribution is 2.23. The van der Waals surface area contributed by atoms with Crippen LogP contribution < -0.4 is 0 Å². The Morgan fingerprint density at radius 2 is 1.67 bits per heavy atom. The summed E-state index contributed by atoms with van der Waals surface area (Å²) in [5.74, 6) is 1.86. The molecule has 0 N–H and O–H groups in total. The van der Waals surface area contributed by atoms with Gasteiger partial charge in [0.2, 0.25) is 0 Å². The molecule has 2 aromatic heterocycles.